The van der Waals surface area contributed by atoms with Gasteiger partial charge in [0.05, 0.1) is 35.9 Å². The molecule has 5 rings (SSSR count). The minimum absolute atomic E-state index is 0.0527. The second-order valence-corrected chi connectivity index (χ2v) is 9.02. The highest BCUT2D eigenvalue weighted by molar-refractivity contribution is 8.00. The topological polar surface area (TPSA) is 81.7 Å². The van der Waals surface area contributed by atoms with Crippen LogP contribution < -0.4 is 5.56 Å². The van der Waals surface area contributed by atoms with Crippen molar-refractivity contribution < 1.29 is 9.53 Å². The van der Waals surface area contributed by atoms with Crippen LogP contribution in [0.4, 0.5) is 0 Å². The van der Waals surface area contributed by atoms with Crippen molar-refractivity contribution in [2.45, 2.75) is 23.9 Å². The molecule has 9 heteroatoms. The number of morpholine rings is 1. The molecule has 1 aliphatic rings. The van der Waals surface area contributed by atoms with E-state index in [4.69, 9.17) is 4.74 Å². The van der Waals surface area contributed by atoms with Crippen LogP contribution in [-0.4, -0.2) is 61.5 Å². The Bertz CT molecular complexity index is 1330. The fourth-order valence-electron chi connectivity index (χ4n) is 3.97. The third-order valence-corrected chi connectivity index (χ3v) is 6.64. The van der Waals surface area contributed by atoms with E-state index in [-0.39, 0.29) is 16.7 Å². The molecule has 1 amide bonds. The molecule has 0 spiro atoms. The van der Waals surface area contributed by atoms with Crippen LogP contribution in [0.1, 0.15) is 12.5 Å². The molecule has 1 fully saturated rings. The van der Waals surface area contributed by atoms with E-state index < -0.39 is 0 Å². The summed E-state index contributed by atoms with van der Waals surface area (Å²) in [4.78, 5) is 28.0. The van der Waals surface area contributed by atoms with Gasteiger partial charge in [-0.15, -0.1) is 10.2 Å². The third kappa shape index (κ3) is 3.78. The maximum atomic E-state index is 13.3. The third-order valence-electron chi connectivity index (χ3n) is 5.61. The number of benzene rings is 2. The quantitative estimate of drug-likeness (QED) is 0.436. The van der Waals surface area contributed by atoms with E-state index in [2.05, 4.69) is 10.2 Å². The van der Waals surface area contributed by atoms with Gasteiger partial charge in [0, 0.05) is 13.1 Å². The lowest BCUT2D eigenvalue weighted by atomic mass is 10.2. The Morgan fingerprint density at radius 3 is 2.56 bits per heavy atom. The number of carbonyl (C=O) groups excluding carboxylic acids is 1. The summed E-state index contributed by atoms with van der Waals surface area (Å²) in [5.74, 6) is 0.517. The van der Waals surface area contributed by atoms with Crippen LogP contribution in [0.15, 0.2) is 64.5 Å². The van der Waals surface area contributed by atoms with Crippen molar-refractivity contribution >= 4 is 34.3 Å². The number of rotatable bonds is 5. The molecule has 0 aliphatic carbocycles. The first-order chi connectivity index (χ1) is 15.6. The van der Waals surface area contributed by atoms with Crippen LogP contribution in [0.25, 0.3) is 16.7 Å². The zero-order valence-electron chi connectivity index (χ0n) is 17.7. The molecule has 4 aromatic rings. The Hall–Kier alpha value is -3.17. The first-order valence-corrected chi connectivity index (χ1v) is 11.5. The zero-order valence-corrected chi connectivity index (χ0v) is 18.5. The number of hydrogen-bond acceptors (Lipinski definition) is 6. The van der Waals surface area contributed by atoms with E-state index in [9.17, 15) is 9.59 Å². The monoisotopic (exact) mass is 449 g/mol. The first kappa shape index (κ1) is 20.7. The van der Waals surface area contributed by atoms with Crippen molar-refractivity contribution in [2.24, 2.45) is 0 Å². The maximum absolute atomic E-state index is 13.3. The molecule has 1 aliphatic heterocycles. The van der Waals surface area contributed by atoms with Crippen molar-refractivity contribution in [2.75, 3.05) is 26.3 Å². The average Bonchev–Trinajstić information content (AvgIpc) is 3.26. The predicted molar refractivity (Wildman–Crippen MR) is 123 cm³/mol. The summed E-state index contributed by atoms with van der Waals surface area (Å²) >= 11 is 1.36. The van der Waals surface area contributed by atoms with Crippen LogP contribution in [0.2, 0.25) is 0 Å². The first-order valence-electron chi connectivity index (χ1n) is 10.6. The Labute approximate surface area is 188 Å². The van der Waals surface area contributed by atoms with E-state index >= 15 is 0 Å². The Kier molecular flexibility index (Phi) is 5.67. The van der Waals surface area contributed by atoms with Crippen LogP contribution in [0.5, 0.6) is 0 Å². The van der Waals surface area contributed by atoms with Crippen molar-refractivity contribution in [3.63, 3.8) is 0 Å². The van der Waals surface area contributed by atoms with Gasteiger partial charge in [0.1, 0.15) is 0 Å². The van der Waals surface area contributed by atoms with Crippen molar-refractivity contribution in [1.82, 2.24) is 24.1 Å². The highest BCUT2D eigenvalue weighted by atomic mass is 32.2. The fraction of sp³-hybridized carbons (Fsp3) is 0.304. The summed E-state index contributed by atoms with van der Waals surface area (Å²) in [7, 11) is 0. The number of thioether (sulfide) groups is 1. The lowest BCUT2D eigenvalue weighted by Crippen LogP contribution is -2.44. The maximum Gasteiger partial charge on any atom is 0.263 e. The molecule has 0 radical (unpaired) electrons. The molecule has 0 N–H and O–H groups in total. The van der Waals surface area contributed by atoms with Crippen LogP contribution in [0.3, 0.4) is 0 Å². The number of fused-ring (bicyclic) bond motifs is 3. The summed E-state index contributed by atoms with van der Waals surface area (Å²) in [6.45, 7) is 4.60. The number of nitrogens with zero attached hydrogens (tertiary/aromatic N) is 5. The van der Waals surface area contributed by atoms with Gasteiger partial charge < -0.3 is 9.64 Å². The normalized spacial score (nSPS) is 15.3. The summed E-state index contributed by atoms with van der Waals surface area (Å²) in [5.41, 5.74) is 1.62. The van der Waals surface area contributed by atoms with E-state index in [0.29, 0.717) is 49.2 Å². The summed E-state index contributed by atoms with van der Waals surface area (Å²) in [6, 6.07) is 17.2. The molecule has 2 aromatic heterocycles. The number of hydrogen-bond donors (Lipinski definition) is 0. The standard InChI is InChI=1S/C23H23N5O3S/c1-16(20(29)26-11-13-31-14-12-26)32-23-25-24-22-27(15-17-7-3-2-4-8-17)21(30)18-9-5-6-10-19(18)28(22)23/h2-10,16H,11-15H2,1H3. The van der Waals surface area contributed by atoms with Crippen LogP contribution >= 0.6 is 11.8 Å². The molecule has 3 heterocycles. The number of para-hydroxylation sites is 1. The number of carbonyl (C=O) groups is 1. The van der Waals surface area contributed by atoms with Gasteiger partial charge in [0.2, 0.25) is 11.7 Å². The molecule has 0 bridgehead atoms. The summed E-state index contributed by atoms with van der Waals surface area (Å²) < 4.78 is 8.88. The molecular weight excluding hydrogens is 426 g/mol. The Morgan fingerprint density at radius 1 is 1.06 bits per heavy atom. The lowest BCUT2D eigenvalue weighted by Gasteiger charge is -2.28. The predicted octanol–water partition coefficient (Wildman–Crippen LogP) is 2.43. The SMILES string of the molecule is CC(Sc1nnc2n(Cc3ccccc3)c(=O)c3ccccc3n12)C(=O)N1CCOCC1. The highest BCUT2D eigenvalue weighted by Gasteiger charge is 2.26. The smallest absolute Gasteiger partial charge is 0.263 e. The minimum Gasteiger partial charge on any atom is -0.378 e. The average molecular weight is 450 g/mol. The molecule has 2 aromatic carbocycles. The van der Waals surface area contributed by atoms with E-state index in [1.54, 1.807) is 4.57 Å². The highest BCUT2D eigenvalue weighted by Crippen LogP contribution is 2.26. The summed E-state index contributed by atoms with van der Waals surface area (Å²) in [5, 5.41) is 9.58. The molecule has 1 atom stereocenters. The van der Waals surface area contributed by atoms with E-state index in [1.807, 2.05) is 70.8 Å². The zero-order chi connectivity index (χ0) is 22.1. The molecule has 0 saturated carbocycles. The molecule has 1 saturated heterocycles. The minimum atomic E-state index is -0.339. The van der Waals surface area contributed by atoms with E-state index in [0.717, 1.165) is 11.1 Å². The van der Waals surface area contributed by atoms with Gasteiger partial charge in [-0.2, -0.15) is 0 Å². The second kappa shape index (κ2) is 8.76. The van der Waals surface area contributed by atoms with Crippen LogP contribution in [0, 0.1) is 0 Å². The summed E-state index contributed by atoms with van der Waals surface area (Å²) in [6.07, 6.45) is 0. The van der Waals surface area contributed by atoms with Gasteiger partial charge in [-0.25, -0.2) is 0 Å². The molecule has 32 heavy (non-hydrogen) atoms. The fourth-order valence-corrected chi connectivity index (χ4v) is 4.91. The van der Waals surface area contributed by atoms with Gasteiger partial charge in [-0.1, -0.05) is 54.2 Å². The van der Waals surface area contributed by atoms with Gasteiger partial charge in [0.15, 0.2) is 5.16 Å². The van der Waals surface area contributed by atoms with Gasteiger partial charge in [0.25, 0.3) is 5.56 Å². The number of aromatic nitrogens is 4. The number of ether oxygens (including phenoxy) is 1. The van der Waals surface area contributed by atoms with Gasteiger partial charge in [-0.05, 0) is 24.6 Å². The van der Waals surface area contributed by atoms with E-state index in [1.165, 1.54) is 11.8 Å². The van der Waals surface area contributed by atoms with Gasteiger partial charge in [-0.3, -0.25) is 18.6 Å². The lowest BCUT2D eigenvalue weighted by molar-refractivity contribution is -0.134. The van der Waals surface area contributed by atoms with Crippen molar-refractivity contribution in [3.8, 4) is 0 Å². The van der Waals surface area contributed by atoms with Crippen molar-refractivity contribution in [3.05, 3.63) is 70.5 Å². The molecule has 1 unspecified atom stereocenters. The Morgan fingerprint density at radius 2 is 1.78 bits per heavy atom. The largest absolute Gasteiger partial charge is 0.378 e. The van der Waals surface area contributed by atoms with Crippen molar-refractivity contribution in [1.29, 1.82) is 0 Å². The number of amides is 1. The molecular formula is C23H23N5O3S. The van der Waals surface area contributed by atoms with Crippen LogP contribution in [-0.2, 0) is 16.1 Å². The molecule has 164 valence electrons. The molecule has 8 nitrogen and oxygen atoms in total. The van der Waals surface area contributed by atoms with Gasteiger partial charge >= 0.3 is 0 Å². The Balaban J connectivity index is 1.57. The second-order valence-electron chi connectivity index (χ2n) is 7.71.